The molecule has 0 atom stereocenters. The lowest BCUT2D eigenvalue weighted by Crippen LogP contribution is -2.30. The van der Waals surface area contributed by atoms with Gasteiger partial charge in [0.2, 0.25) is 0 Å². The summed E-state index contributed by atoms with van der Waals surface area (Å²) in [6, 6.07) is 12.5. The summed E-state index contributed by atoms with van der Waals surface area (Å²) in [6.07, 6.45) is 1.62. The second kappa shape index (κ2) is 7.84. The van der Waals surface area contributed by atoms with Crippen LogP contribution < -0.4 is 10.1 Å². The Labute approximate surface area is 163 Å². The highest BCUT2D eigenvalue weighted by Crippen LogP contribution is 2.28. The smallest absolute Gasteiger partial charge is 0.329 e. The van der Waals surface area contributed by atoms with Crippen LogP contribution in [0.15, 0.2) is 48.2 Å². The van der Waals surface area contributed by atoms with Gasteiger partial charge in [0.25, 0.3) is 5.91 Å². The van der Waals surface area contributed by atoms with Gasteiger partial charge in [-0.2, -0.15) is 0 Å². The van der Waals surface area contributed by atoms with Crippen molar-refractivity contribution in [1.29, 1.82) is 0 Å². The van der Waals surface area contributed by atoms with Crippen molar-refractivity contribution < 1.29 is 14.3 Å². The Morgan fingerprint density at radius 1 is 1.15 bits per heavy atom. The molecular formula is C21H21ClN2O3. The van der Waals surface area contributed by atoms with Gasteiger partial charge in [0.15, 0.2) is 0 Å². The predicted molar refractivity (Wildman–Crippen MR) is 105 cm³/mol. The van der Waals surface area contributed by atoms with Gasteiger partial charge in [-0.3, -0.25) is 9.69 Å². The van der Waals surface area contributed by atoms with Gasteiger partial charge < -0.3 is 10.1 Å². The van der Waals surface area contributed by atoms with Gasteiger partial charge in [-0.05, 0) is 50.1 Å². The summed E-state index contributed by atoms with van der Waals surface area (Å²) in [5.74, 6) is 0.218. The summed E-state index contributed by atoms with van der Waals surface area (Å²) >= 11 is 6.24. The number of carbonyl (C=O) groups excluding carboxylic acids is 2. The van der Waals surface area contributed by atoms with Gasteiger partial charge in [-0.25, -0.2) is 4.79 Å². The quantitative estimate of drug-likeness (QED) is 0.608. The van der Waals surface area contributed by atoms with Crippen molar-refractivity contribution in [3.8, 4) is 5.75 Å². The van der Waals surface area contributed by atoms with Crippen LogP contribution in [0, 0.1) is 6.92 Å². The maximum atomic E-state index is 12.6. The second-order valence-corrected chi connectivity index (χ2v) is 7.13. The summed E-state index contributed by atoms with van der Waals surface area (Å²) in [4.78, 5) is 26.0. The zero-order valence-electron chi connectivity index (χ0n) is 15.5. The summed E-state index contributed by atoms with van der Waals surface area (Å²) in [6.45, 7) is 6.05. The van der Waals surface area contributed by atoms with E-state index in [0.717, 1.165) is 11.1 Å². The van der Waals surface area contributed by atoms with Crippen LogP contribution in [0.3, 0.4) is 0 Å². The molecule has 1 heterocycles. The number of imide groups is 1. The van der Waals surface area contributed by atoms with E-state index in [0.29, 0.717) is 16.3 Å². The Morgan fingerprint density at radius 3 is 2.48 bits per heavy atom. The van der Waals surface area contributed by atoms with Gasteiger partial charge in [0.1, 0.15) is 11.4 Å². The minimum absolute atomic E-state index is 0.0118. The first kappa shape index (κ1) is 19.0. The average Bonchev–Trinajstić information content (AvgIpc) is 2.86. The van der Waals surface area contributed by atoms with Crippen LogP contribution in [0.5, 0.6) is 5.75 Å². The topological polar surface area (TPSA) is 58.6 Å². The van der Waals surface area contributed by atoms with Crippen LogP contribution in [-0.2, 0) is 11.3 Å². The lowest BCUT2D eigenvalue weighted by molar-refractivity contribution is -0.123. The van der Waals surface area contributed by atoms with E-state index in [4.69, 9.17) is 16.3 Å². The minimum Gasteiger partial charge on any atom is -0.489 e. The van der Waals surface area contributed by atoms with E-state index in [9.17, 15) is 9.59 Å². The number of hydrogen-bond donors (Lipinski definition) is 1. The maximum Gasteiger partial charge on any atom is 0.329 e. The Hall–Kier alpha value is -2.79. The third-order valence-electron chi connectivity index (χ3n) is 4.05. The van der Waals surface area contributed by atoms with Gasteiger partial charge in [0.05, 0.1) is 17.7 Å². The van der Waals surface area contributed by atoms with E-state index in [-0.39, 0.29) is 24.3 Å². The summed E-state index contributed by atoms with van der Waals surface area (Å²) in [7, 11) is 0. The van der Waals surface area contributed by atoms with Crippen LogP contribution in [0.1, 0.15) is 30.5 Å². The monoisotopic (exact) mass is 384 g/mol. The molecular weight excluding hydrogens is 364 g/mol. The van der Waals surface area contributed by atoms with Crippen LogP contribution in [0.4, 0.5) is 4.79 Å². The van der Waals surface area contributed by atoms with Crippen molar-refractivity contribution >= 4 is 29.6 Å². The molecule has 140 valence electrons. The number of ether oxygens (including phenoxy) is 1. The highest BCUT2D eigenvalue weighted by Gasteiger charge is 2.33. The highest BCUT2D eigenvalue weighted by molar-refractivity contribution is 6.32. The molecule has 27 heavy (non-hydrogen) atoms. The third-order valence-corrected chi connectivity index (χ3v) is 4.35. The molecule has 1 fully saturated rings. The van der Waals surface area contributed by atoms with E-state index in [1.54, 1.807) is 24.3 Å². The number of amides is 3. The van der Waals surface area contributed by atoms with Crippen molar-refractivity contribution in [2.45, 2.75) is 33.4 Å². The fourth-order valence-electron chi connectivity index (χ4n) is 2.71. The van der Waals surface area contributed by atoms with Crippen LogP contribution >= 0.6 is 11.6 Å². The first-order chi connectivity index (χ1) is 12.8. The largest absolute Gasteiger partial charge is 0.489 e. The molecule has 0 radical (unpaired) electrons. The minimum atomic E-state index is -0.433. The first-order valence-corrected chi connectivity index (χ1v) is 9.07. The maximum absolute atomic E-state index is 12.6. The number of rotatable bonds is 5. The van der Waals surface area contributed by atoms with Crippen LogP contribution in [0.25, 0.3) is 6.08 Å². The van der Waals surface area contributed by atoms with E-state index in [1.807, 2.05) is 45.0 Å². The summed E-state index contributed by atoms with van der Waals surface area (Å²) in [5, 5.41) is 3.07. The van der Waals surface area contributed by atoms with Gasteiger partial charge >= 0.3 is 6.03 Å². The fourth-order valence-corrected chi connectivity index (χ4v) is 2.95. The molecule has 0 bridgehead atoms. The Bertz CT molecular complexity index is 904. The molecule has 2 aromatic rings. The van der Waals surface area contributed by atoms with Crippen molar-refractivity contribution in [1.82, 2.24) is 10.2 Å². The average molecular weight is 385 g/mol. The standard InChI is InChI=1S/C21H21ClN2O3/c1-13(2)27-19-9-8-16(10-17(19)22)11-18-20(25)24(21(26)23-18)12-15-6-4-14(3)5-7-15/h4-11,13H,12H2,1-3H3,(H,23,26)/b18-11+. The molecule has 1 aliphatic rings. The number of nitrogens with one attached hydrogen (secondary N) is 1. The van der Waals surface area contributed by atoms with Crippen molar-refractivity contribution in [3.05, 3.63) is 69.9 Å². The normalized spacial score (nSPS) is 15.6. The molecule has 6 heteroatoms. The molecule has 5 nitrogen and oxygen atoms in total. The van der Waals surface area contributed by atoms with Crippen molar-refractivity contribution in [2.24, 2.45) is 0 Å². The molecule has 0 aliphatic carbocycles. The number of aryl methyl sites for hydroxylation is 1. The van der Waals surface area contributed by atoms with Gasteiger partial charge in [-0.15, -0.1) is 0 Å². The van der Waals surface area contributed by atoms with Gasteiger partial charge in [0, 0.05) is 0 Å². The molecule has 0 unspecified atom stereocenters. The Balaban J connectivity index is 1.77. The van der Waals surface area contributed by atoms with Crippen LogP contribution in [-0.4, -0.2) is 22.9 Å². The number of carbonyl (C=O) groups is 2. The number of halogens is 1. The molecule has 0 aromatic heterocycles. The number of urea groups is 1. The number of nitrogens with zero attached hydrogens (tertiary/aromatic N) is 1. The predicted octanol–water partition coefficient (Wildman–Crippen LogP) is 4.53. The SMILES string of the molecule is Cc1ccc(CN2C(=O)N/C(=C/c3ccc(OC(C)C)c(Cl)c3)C2=O)cc1. The van der Waals surface area contributed by atoms with Gasteiger partial charge in [-0.1, -0.05) is 47.5 Å². The molecule has 3 rings (SSSR count). The summed E-state index contributed by atoms with van der Waals surface area (Å²) in [5.41, 5.74) is 2.94. The molecule has 1 saturated heterocycles. The van der Waals surface area contributed by atoms with Crippen molar-refractivity contribution in [3.63, 3.8) is 0 Å². The lowest BCUT2D eigenvalue weighted by Gasteiger charge is -2.12. The third kappa shape index (κ3) is 4.49. The van der Waals surface area contributed by atoms with E-state index in [1.165, 1.54) is 4.90 Å². The zero-order chi connectivity index (χ0) is 19.6. The van der Waals surface area contributed by atoms with E-state index in [2.05, 4.69) is 5.32 Å². The van der Waals surface area contributed by atoms with Crippen LogP contribution in [0.2, 0.25) is 5.02 Å². The number of hydrogen-bond acceptors (Lipinski definition) is 3. The Morgan fingerprint density at radius 2 is 1.85 bits per heavy atom. The number of benzene rings is 2. The highest BCUT2D eigenvalue weighted by atomic mass is 35.5. The van der Waals surface area contributed by atoms with E-state index >= 15 is 0 Å². The van der Waals surface area contributed by atoms with Crippen molar-refractivity contribution in [2.75, 3.05) is 0 Å². The Kier molecular flexibility index (Phi) is 5.51. The molecule has 1 N–H and O–H groups in total. The molecule has 2 aromatic carbocycles. The zero-order valence-corrected chi connectivity index (χ0v) is 16.2. The van der Waals surface area contributed by atoms with E-state index < -0.39 is 6.03 Å². The second-order valence-electron chi connectivity index (χ2n) is 6.72. The molecule has 0 spiro atoms. The molecule has 3 amide bonds. The fraction of sp³-hybridized carbons (Fsp3) is 0.238. The molecule has 1 aliphatic heterocycles. The lowest BCUT2D eigenvalue weighted by atomic mass is 10.1. The first-order valence-electron chi connectivity index (χ1n) is 8.70. The molecule has 0 saturated carbocycles. The summed E-state index contributed by atoms with van der Waals surface area (Å²) < 4.78 is 5.60.